The summed E-state index contributed by atoms with van der Waals surface area (Å²) in [5, 5.41) is 3.06. The van der Waals surface area contributed by atoms with Crippen LogP contribution in [0.1, 0.15) is 51.1 Å². The Labute approximate surface area is 226 Å². The van der Waals surface area contributed by atoms with E-state index in [-0.39, 0.29) is 27.5 Å². The number of piperidine rings is 1. The summed E-state index contributed by atoms with van der Waals surface area (Å²) in [7, 11) is -3.69. The van der Waals surface area contributed by atoms with Crippen molar-refractivity contribution in [2.75, 3.05) is 25.0 Å². The van der Waals surface area contributed by atoms with Crippen molar-refractivity contribution in [3.8, 4) is 0 Å². The van der Waals surface area contributed by atoms with Crippen LogP contribution in [0.5, 0.6) is 0 Å². The number of esters is 1. The molecule has 1 aliphatic heterocycles. The molecule has 1 amide bonds. The van der Waals surface area contributed by atoms with Crippen LogP contribution in [-0.4, -0.2) is 50.1 Å². The lowest BCUT2D eigenvalue weighted by Crippen LogP contribution is -2.36. The highest BCUT2D eigenvalue weighted by atomic mass is 35.5. The lowest BCUT2D eigenvalue weighted by Gasteiger charge is -2.26. The Kier molecular flexibility index (Phi) is 8.61. The summed E-state index contributed by atoms with van der Waals surface area (Å²) in [6, 6.07) is 17.1. The standard InChI is InChI=1S/C28H27ClN2O6S/c1-19-9-14-22(17-25(19)38(35,36)31-15-5-2-6-16-31)30-26(32)18-37-28(34)24-8-4-3-7-23(24)27(33)20-10-12-21(29)13-11-20/h3-4,7-14,17H,2,5-6,15-16,18H2,1H3,(H,30,32). The first-order valence-electron chi connectivity index (χ1n) is 12.1. The van der Waals surface area contributed by atoms with Gasteiger partial charge in [-0.15, -0.1) is 0 Å². The Balaban J connectivity index is 1.43. The second kappa shape index (κ2) is 11.9. The van der Waals surface area contributed by atoms with Crippen molar-refractivity contribution in [3.05, 3.63) is 94.0 Å². The number of carbonyl (C=O) groups is 3. The van der Waals surface area contributed by atoms with E-state index in [1.165, 1.54) is 22.5 Å². The summed E-state index contributed by atoms with van der Waals surface area (Å²) in [4.78, 5) is 38.4. The number of halogens is 1. The molecule has 198 valence electrons. The molecule has 1 fully saturated rings. The van der Waals surface area contributed by atoms with E-state index in [1.807, 2.05) is 0 Å². The number of hydrogen-bond donors (Lipinski definition) is 1. The van der Waals surface area contributed by atoms with Crippen molar-refractivity contribution in [1.29, 1.82) is 0 Å². The number of ketones is 1. The molecule has 4 rings (SSSR count). The summed E-state index contributed by atoms with van der Waals surface area (Å²) in [6.45, 7) is 2.02. The minimum absolute atomic E-state index is 0.0190. The van der Waals surface area contributed by atoms with Gasteiger partial charge in [0, 0.05) is 34.9 Å². The number of amides is 1. The molecule has 1 aliphatic rings. The van der Waals surface area contributed by atoms with Gasteiger partial charge in [-0.25, -0.2) is 13.2 Å². The number of nitrogens with one attached hydrogen (secondary N) is 1. The molecule has 3 aromatic carbocycles. The fourth-order valence-corrected chi connectivity index (χ4v) is 6.12. The zero-order valence-corrected chi connectivity index (χ0v) is 22.3. The lowest BCUT2D eigenvalue weighted by atomic mass is 9.98. The van der Waals surface area contributed by atoms with Crippen LogP contribution in [0.15, 0.2) is 71.6 Å². The molecule has 0 spiro atoms. The van der Waals surface area contributed by atoms with E-state index in [4.69, 9.17) is 16.3 Å². The van der Waals surface area contributed by atoms with Crippen LogP contribution in [0.2, 0.25) is 5.02 Å². The zero-order valence-electron chi connectivity index (χ0n) is 20.8. The average Bonchev–Trinajstić information content (AvgIpc) is 2.93. The highest BCUT2D eigenvalue weighted by Crippen LogP contribution is 2.26. The van der Waals surface area contributed by atoms with Crippen LogP contribution in [0.3, 0.4) is 0 Å². The number of hydrogen-bond acceptors (Lipinski definition) is 6. The monoisotopic (exact) mass is 554 g/mol. The molecule has 0 unspecified atom stereocenters. The normalized spacial score (nSPS) is 14.1. The molecular weight excluding hydrogens is 528 g/mol. The van der Waals surface area contributed by atoms with E-state index >= 15 is 0 Å². The quantitative estimate of drug-likeness (QED) is 0.315. The molecule has 10 heteroatoms. The van der Waals surface area contributed by atoms with E-state index < -0.39 is 28.5 Å². The first-order valence-corrected chi connectivity index (χ1v) is 14.0. The summed E-state index contributed by atoms with van der Waals surface area (Å²) in [6.07, 6.45) is 2.63. The van der Waals surface area contributed by atoms with E-state index in [1.54, 1.807) is 55.5 Å². The number of benzene rings is 3. The summed E-state index contributed by atoms with van der Waals surface area (Å²) in [5.41, 5.74) is 1.34. The molecular formula is C28H27ClN2O6S. The van der Waals surface area contributed by atoms with Gasteiger partial charge in [-0.3, -0.25) is 9.59 Å². The van der Waals surface area contributed by atoms with Gasteiger partial charge in [0.05, 0.1) is 10.5 Å². The minimum atomic E-state index is -3.69. The highest BCUT2D eigenvalue weighted by Gasteiger charge is 2.28. The van der Waals surface area contributed by atoms with Gasteiger partial charge in [0.15, 0.2) is 12.4 Å². The van der Waals surface area contributed by atoms with E-state index in [2.05, 4.69) is 5.32 Å². The number of carbonyl (C=O) groups excluding carboxylic acids is 3. The summed E-state index contributed by atoms with van der Waals surface area (Å²) >= 11 is 5.89. The van der Waals surface area contributed by atoms with Crippen LogP contribution in [-0.2, 0) is 19.6 Å². The van der Waals surface area contributed by atoms with Gasteiger partial charge in [0.25, 0.3) is 5.91 Å². The second-order valence-corrected chi connectivity index (χ2v) is 11.3. The Bertz CT molecular complexity index is 1460. The molecule has 0 aromatic heterocycles. The molecule has 0 bridgehead atoms. The predicted molar refractivity (Wildman–Crippen MR) is 144 cm³/mol. The van der Waals surface area contributed by atoms with Crippen LogP contribution < -0.4 is 5.32 Å². The number of aryl methyl sites for hydroxylation is 1. The third-order valence-corrected chi connectivity index (χ3v) is 8.53. The Morgan fingerprint density at radius 2 is 1.58 bits per heavy atom. The maximum atomic E-state index is 13.1. The van der Waals surface area contributed by atoms with Crippen LogP contribution in [0.4, 0.5) is 5.69 Å². The predicted octanol–water partition coefficient (Wildman–Crippen LogP) is 4.85. The molecule has 0 saturated carbocycles. The van der Waals surface area contributed by atoms with Crippen LogP contribution >= 0.6 is 11.6 Å². The number of rotatable bonds is 8. The lowest BCUT2D eigenvalue weighted by molar-refractivity contribution is -0.119. The maximum Gasteiger partial charge on any atom is 0.339 e. The average molecular weight is 555 g/mol. The van der Waals surface area contributed by atoms with Gasteiger partial charge >= 0.3 is 5.97 Å². The Hall–Kier alpha value is -3.53. The first kappa shape index (κ1) is 27.5. The second-order valence-electron chi connectivity index (χ2n) is 8.95. The number of ether oxygens (including phenoxy) is 1. The van der Waals surface area contributed by atoms with Crippen molar-refractivity contribution < 1.29 is 27.5 Å². The fourth-order valence-electron chi connectivity index (χ4n) is 4.22. The Morgan fingerprint density at radius 3 is 2.26 bits per heavy atom. The zero-order chi connectivity index (χ0) is 27.3. The molecule has 0 atom stereocenters. The third kappa shape index (κ3) is 6.30. The maximum absolute atomic E-state index is 13.1. The molecule has 38 heavy (non-hydrogen) atoms. The van der Waals surface area contributed by atoms with Crippen molar-refractivity contribution in [1.82, 2.24) is 4.31 Å². The minimum Gasteiger partial charge on any atom is -0.452 e. The van der Waals surface area contributed by atoms with Crippen LogP contribution in [0, 0.1) is 6.92 Å². The van der Waals surface area contributed by atoms with Crippen LogP contribution in [0.25, 0.3) is 0 Å². The van der Waals surface area contributed by atoms with Gasteiger partial charge in [-0.2, -0.15) is 4.31 Å². The van der Waals surface area contributed by atoms with Crippen molar-refractivity contribution in [3.63, 3.8) is 0 Å². The van der Waals surface area contributed by atoms with Gasteiger partial charge in [-0.05, 0) is 67.8 Å². The topological polar surface area (TPSA) is 110 Å². The van der Waals surface area contributed by atoms with Gasteiger partial charge in [0.2, 0.25) is 10.0 Å². The molecule has 8 nitrogen and oxygen atoms in total. The van der Waals surface area contributed by atoms with Crippen molar-refractivity contribution >= 4 is 45.0 Å². The third-order valence-electron chi connectivity index (χ3n) is 6.24. The fraction of sp³-hybridized carbons (Fsp3) is 0.250. The number of nitrogens with zero attached hydrogens (tertiary/aromatic N) is 1. The van der Waals surface area contributed by atoms with E-state index in [0.29, 0.717) is 29.2 Å². The molecule has 3 aromatic rings. The highest BCUT2D eigenvalue weighted by molar-refractivity contribution is 7.89. The van der Waals surface area contributed by atoms with Gasteiger partial charge < -0.3 is 10.1 Å². The van der Waals surface area contributed by atoms with Gasteiger partial charge in [0.1, 0.15) is 0 Å². The molecule has 1 saturated heterocycles. The number of sulfonamides is 1. The van der Waals surface area contributed by atoms with E-state index in [9.17, 15) is 22.8 Å². The smallest absolute Gasteiger partial charge is 0.339 e. The summed E-state index contributed by atoms with van der Waals surface area (Å²) in [5.74, 6) is -1.87. The summed E-state index contributed by atoms with van der Waals surface area (Å²) < 4.78 is 32.9. The molecule has 1 heterocycles. The first-order chi connectivity index (χ1) is 18.2. The molecule has 0 aliphatic carbocycles. The van der Waals surface area contributed by atoms with Crippen molar-refractivity contribution in [2.24, 2.45) is 0 Å². The van der Waals surface area contributed by atoms with E-state index in [0.717, 1.165) is 19.3 Å². The van der Waals surface area contributed by atoms with Crippen molar-refractivity contribution in [2.45, 2.75) is 31.1 Å². The Morgan fingerprint density at radius 1 is 0.921 bits per heavy atom. The molecule has 0 radical (unpaired) electrons. The SMILES string of the molecule is Cc1ccc(NC(=O)COC(=O)c2ccccc2C(=O)c2ccc(Cl)cc2)cc1S(=O)(=O)N1CCCCC1. The number of anilines is 1. The largest absolute Gasteiger partial charge is 0.452 e. The molecule has 1 N–H and O–H groups in total. The van der Waals surface area contributed by atoms with Gasteiger partial charge in [-0.1, -0.05) is 42.3 Å².